The quantitative estimate of drug-likeness (QED) is 0.677. The Kier molecular flexibility index (Phi) is 5.07. The number of nitrogens with one attached hydrogen (secondary N) is 2. The highest BCUT2D eigenvalue weighted by atomic mass is 16.5. The van der Waals surface area contributed by atoms with Gasteiger partial charge in [0.2, 0.25) is 5.91 Å². The standard InChI is InChI=1S/C19H24N4O2/c1-4-6-7-19(24)20-18-12-15(21-22-18)17-11-13-10-14(25-3)8-9-16(13)23(17)5-2/h8-12H,4-7H2,1-3H3,(H2,20,21,22,24). The average molecular weight is 340 g/mol. The Morgan fingerprint density at radius 2 is 2.12 bits per heavy atom. The molecular formula is C19H24N4O2. The molecule has 0 bridgehead atoms. The van der Waals surface area contributed by atoms with E-state index in [4.69, 9.17) is 4.74 Å². The van der Waals surface area contributed by atoms with Crippen molar-refractivity contribution < 1.29 is 9.53 Å². The van der Waals surface area contributed by atoms with Crippen molar-refractivity contribution in [2.75, 3.05) is 12.4 Å². The Balaban J connectivity index is 1.90. The molecular weight excluding hydrogens is 316 g/mol. The maximum Gasteiger partial charge on any atom is 0.225 e. The van der Waals surface area contributed by atoms with Crippen LogP contribution in [0.15, 0.2) is 30.3 Å². The van der Waals surface area contributed by atoms with Crippen LogP contribution in [0.2, 0.25) is 0 Å². The molecule has 0 spiro atoms. The number of ether oxygens (including phenoxy) is 1. The van der Waals surface area contributed by atoms with E-state index in [1.807, 2.05) is 18.2 Å². The van der Waals surface area contributed by atoms with E-state index < -0.39 is 0 Å². The van der Waals surface area contributed by atoms with Crippen molar-refractivity contribution in [3.8, 4) is 17.1 Å². The third kappa shape index (κ3) is 3.52. The third-order valence-corrected chi connectivity index (χ3v) is 4.30. The summed E-state index contributed by atoms with van der Waals surface area (Å²) < 4.78 is 7.53. The number of hydrogen-bond acceptors (Lipinski definition) is 3. The van der Waals surface area contributed by atoms with Gasteiger partial charge in [-0.1, -0.05) is 13.3 Å². The van der Waals surface area contributed by atoms with Gasteiger partial charge in [-0.15, -0.1) is 0 Å². The molecule has 0 radical (unpaired) electrons. The smallest absolute Gasteiger partial charge is 0.225 e. The van der Waals surface area contributed by atoms with Crippen LogP contribution in [0.25, 0.3) is 22.3 Å². The van der Waals surface area contributed by atoms with E-state index in [9.17, 15) is 4.79 Å². The number of benzene rings is 1. The Bertz CT molecular complexity index is 879. The largest absolute Gasteiger partial charge is 0.497 e. The van der Waals surface area contributed by atoms with Gasteiger partial charge >= 0.3 is 0 Å². The third-order valence-electron chi connectivity index (χ3n) is 4.30. The number of aromatic amines is 1. The lowest BCUT2D eigenvalue weighted by Gasteiger charge is -2.06. The molecule has 25 heavy (non-hydrogen) atoms. The van der Waals surface area contributed by atoms with Crippen molar-refractivity contribution in [3.63, 3.8) is 0 Å². The van der Waals surface area contributed by atoms with Crippen molar-refractivity contribution in [2.24, 2.45) is 0 Å². The van der Waals surface area contributed by atoms with E-state index in [2.05, 4.69) is 46.1 Å². The second kappa shape index (κ2) is 7.42. The zero-order chi connectivity index (χ0) is 17.8. The van der Waals surface area contributed by atoms with Crippen molar-refractivity contribution in [2.45, 2.75) is 39.7 Å². The summed E-state index contributed by atoms with van der Waals surface area (Å²) in [5.74, 6) is 1.39. The molecule has 3 rings (SSSR count). The average Bonchev–Trinajstić information content (AvgIpc) is 3.22. The maximum absolute atomic E-state index is 11.9. The lowest BCUT2D eigenvalue weighted by molar-refractivity contribution is -0.116. The first-order valence-electron chi connectivity index (χ1n) is 8.69. The number of H-pyrrole nitrogens is 1. The summed E-state index contributed by atoms with van der Waals surface area (Å²) >= 11 is 0. The van der Waals surface area contributed by atoms with Gasteiger partial charge in [-0.05, 0) is 37.6 Å². The van der Waals surface area contributed by atoms with Crippen molar-refractivity contribution >= 4 is 22.6 Å². The van der Waals surface area contributed by atoms with Gasteiger partial charge in [0, 0.05) is 29.9 Å². The summed E-state index contributed by atoms with van der Waals surface area (Å²) in [5.41, 5.74) is 3.05. The molecule has 2 heterocycles. The molecule has 0 unspecified atom stereocenters. The van der Waals surface area contributed by atoms with Crippen LogP contribution < -0.4 is 10.1 Å². The van der Waals surface area contributed by atoms with Crippen molar-refractivity contribution in [1.29, 1.82) is 0 Å². The first-order chi connectivity index (χ1) is 12.2. The molecule has 0 aliphatic heterocycles. The van der Waals surface area contributed by atoms with E-state index in [0.717, 1.165) is 47.4 Å². The van der Waals surface area contributed by atoms with Crippen LogP contribution in [0.3, 0.4) is 0 Å². The van der Waals surface area contributed by atoms with Gasteiger partial charge in [0.05, 0.1) is 18.5 Å². The Labute approximate surface area is 147 Å². The fourth-order valence-electron chi connectivity index (χ4n) is 3.00. The number of methoxy groups -OCH3 is 1. The van der Waals surface area contributed by atoms with Gasteiger partial charge in [-0.25, -0.2) is 0 Å². The molecule has 2 N–H and O–H groups in total. The SMILES string of the molecule is CCCCC(=O)Nc1cc(-c2cc3cc(OC)ccc3n2CC)[nH]n1. The van der Waals surface area contributed by atoms with Crippen LogP contribution >= 0.6 is 0 Å². The van der Waals surface area contributed by atoms with Crippen LogP contribution in [0.1, 0.15) is 33.1 Å². The molecule has 0 saturated carbocycles. The monoisotopic (exact) mass is 340 g/mol. The number of carbonyl (C=O) groups excluding carboxylic acids is 1. The number of anilines is 1. The van der Waals surface area contributed by atoms with Gasteiger partial charge in [-0.2, -0.15) is 5.10 Å². The number of carbonyl (C=O) groups is 1. The van der Waals surface area contributed by atoms with Crippen LogP contribution in [-0.2, 0) is 11.3 Å². The molecule has 0 saturated heterocycles. The minimum atomic E-state index is 0.000622. The molecule has 3 aromatic rings. The second-order valence-corrected chi connectivity index (χ2v) is 6.02. The first-order valence-corrected chi connectivity index (χ1v) is 8.69. The molecule has 2 aromatic heterocycles. The molecule has 6 heteroatoms. The van der Waals surface area contributed by atoms with E-state index >= 15 is 0 Å². The zero-order valence-electron chi connectivity index (χ0n) is 14.9. The summed E-state index contributed by atoms with van der Waals surface area (Å²) in [6, 6.07) is 10.0. The molecule has 0 fully saturated rings. The second-order valence-electron chi connectivity index (χ2n) is 6.02. The maximum atomic E-state index is 11.9. The zero-order valence-corrected chi connectivity index (χ0v) is 14.9. The number of fused-ring (bicyclic) bond motifs is 1. The number of unbranched alkanes of at least 4 members (excludes halogenated alkanes) is 1. The van der Waals surface area contributed by atoms with Gasteiger partial charge in [0.1, 0.15) is 5.75 Å². The van der Waals surface area contributed by atoms with Crippen LogP contribution in [0.4, 0.5) is 5.82 Å². The van der Waals surface area contributed by atoms with Crippen LogP contribution in [0, 0.1) is 0 Å². The summed E-state index contributed by atoms with van der Waals surface area (Å²) in [5, 5.41) is 11.2. The first kappa shape index (κ1) is 17.1. The predicted molar refractivity (Wildman–Crippen MR) is 99.9 cm³/mol. The van der Waals surface area contributed by atoms with Crippen molar-refractivity contribution in [3.05, 3.63) is 30.3 Å². The number of amides is 1. The lowest BCUT2D eigenvalue weighted by atomic mass is 10.2. The van der Waals surface area contributed by atoms with E-state index in [1.54, 1.807) is 7.11 Å². The molecule has 0 atom stereocenters. The number of rotatable bonds is 7. The van der Waals surface area contributed by atoms with Crippen LogP contribution in [0.5, 0.6) is 5.75 Å². The molecule has 6 nitrogen and oxygen atoms in total. The highest BCUT2D eigenvalue weighted by Crippen LogP contribution is 2.30. The molecule has 0 aliphatic rings. The van der Waals surface area contributed by atoms with E-state index in [0.29, 0.717) is 12.2 Å². The highest BCUT2D eigenvalue weighted by Gasteiger charge is 2.13. The summed E-state index contributed by atoms with van der Waals surface area (Å²) in [7, 11) is 1.67. The number of nitrogens with zero attached hydrogens (tertiary/aromatic N) is 2. The molecule has 0 aliphatic carbocycles. The fourth-order valence-corrected chi connectivity index (χ4v) is 3.00. The Morgan fingerprint density at radius 3 is 2.84 bits per heavy atom. The summed E-state index contributed by atoms with van der Waals surface area (Å²) in [4.78, 5) is 11.9. The van der Waals surface area contributed by atoms with Gasteiger partial charge in [-0.3, -0.25) is 9.89 Å². The van der Waals surface area contributed by atoms with Gasteiger partial charge in [0.15, 0.2) is 5.82 Å². The Morgan fingerprint density at radius 1 is 1.28 bits per heavy atom. The summed E-state index contributed by atoms with van der Waals surface area (Å²) in [6.07, 6.45) is 2.40. The highest BCUT2D eigenvalue weighted by molar-refractivity contribution is 5.91. The molecule has 132 valence electrons. The van der Waals surface area contributed by atoms with Crippen molar-refractivity contribution in [1.82, 2.24) is 14.8 Å². The van der Waals surface area contributed by atoms with E-state index in [1.165, 1.54) is 0 Å². The predicted octanol–water partition coefficient (Wildman–Crippen LogP) is 4.19. The lowest BCUT2D eigenvalue weighted by Crippen LogP contribution is -2.11. The molecule has 1 amide bonds. The number of hydrogen-bond donors (Lipinski definition) is 2. The Hall–Kier alpha value is -2.76. The fraction of sp³-hybridized carbons (Fsp3) is 0.368. The molecule has 1 aromatic carbocycles. The number of aryl methyl sites for hydroxylation is 1. The van der Waals surface area contributed by atoms with Gasteiger partial charge < -0.3 is 14.6 Å². The number of aromatic nitrogens is 3. The van der Waals surface area contributed by atoms with Gasteiger partial charge in [0.25, 0.3) is 0 Å². The van der Waals surface area contributed by atoms with E-state index in [-0.39, 0.29) is 5.91 Å². The normalized spacial score (nSPS) is 11.0. The summed E-state index contributed by atoms with van der Waals surface area (Å²) in [6.45, 7) is 5.01. The van der Waals surface area contributed by atoms with Crippen LogP contribution in [-0.4, -0.2) is 27.8 Å². The minimum Gasteiger partial charge on any atom is -0.497 e. The topological polar surface area (TPSA) is 71.9 Å². The minimum absolute atomic E-state index is 0.000622.